The highest BCUT2D eigenvalue weighted by Gasteiger charge is 2.13. The molecule has 0 fully saturated rings. The highest BCUT2D eigenvalue weighted by atomic mass is 16.7. The Morgan fingerprint density at radius 2 is 1.82 bits per heavy atom. The Kier molecular flexibility index (Phi) is 4.92. The predicted octanol–water partition coefficient (Wildman–Crippen LogP) is 3.52. The third kappa shape index (κ3) is 4.29. The number of carbonyl (C=O) groups excluding carboxylic acids is 1. The number of aromatic nitrogens is 2. The Hall–Kier alpha value is -3.81. The molecule has 2 heterocycles. The predicted molar refractivity (Wildman–Crippen MR) is 106 cm³/mol. The van der Waals surface area contributed by atoms with Crippen LogP contribution in [0.4, 0.5) is 23.1 Å². The molecular weight excluding hydrogens is 358 g/mol. The van der Waals surface area contributed by atoms with E-state index in [1.54, 1.807) is 12.3 Å². The monoisotopic (exact) mass is 377 g/mol. The van der Waals surface area contributed by atoms with Crippen LogP contribution in [0.15, 0.2) is 54.7 Å². The van der Waals surface area contributed by atoms with Gasteiger partial charge in [0.2, 0.25) is 18.6 Å². The van der Waals surface area contributed by atoms with Crippen molar-refractivity contribution in [3.8, 4) is 11.5 Å². The molecule has 8 heteroatoms. The standard InChI is InChI=1S/C20H19N5O3/c1-13(26)23-15-3-5-16(6-4-15)24-19-8-9-21-20(25-19)22-11-14-2-7-17-18(10-14)28-12-27-17/h2-10H,11-12H2,1H3,(H,23,26)(H2,21,22,24,25). The van der Waals surface area contributed by atoms with E-state index in [1.807, 2.05) is 42.5 Å². The molecule has 1 aliphatic heterocycles. The molecule has 1 amide bonds. The molecule has 0 spiro atoms. The maximum Gasteiger partial charge on any atom is 0.231 e. The van der Waals surface area contributed by atoms with Crippen LogP contribution >= 0.6 is 0 Å². The van der Waals surface area contributed by atoms with Crippen molar-refractivity contribution in [3.63, 3.8) is 0 Å². The number of hydrogen-bond acceptors (Lipinski definition) is 7. The quantitative estimate of drug-likeness (QED) is 0.605. The van der Waals surface area contributed by atoms with Crippen LogP contribution in [-0.2, 0) is 11.3 Å². The zero-order valence-corrected chi connectivity index (χ0v) is 15.2. The van der Waals surface area contributed by atoms with Gasteiger partial charge in [-0.15, -0.1) is 0 Å². The average molecular weight is 377 g/mol. The van der Waals surface area contributed by atoms with E-state index in [1.165, 1.54) is 6.92 Å². The zero-order valence-electron chi connectivity index (χ0n) is 15.2. The molecule has 0 saturated carbocycles. The lowest BCUT2D eigenvalue weighted by Crippen LogP contribution is -2.06. The highest BCUT2D eigenvalue weighted by Crippen LogP contribution is 2.32. The summed E-state index contributed by atoms with van der Waals surface area (Å²) in [7, 11) is 0. The van der Waals surface area contributed by atoms with Crippen LogP contribution in [0.2, 0.25) is 0 Å². The number of ether oxygens (including phenoxy) is 2. The van der Waals surface area contributed by atoms with Gasteiger partial charge in [-0.05, 0) is 48.0 Å². The number of hydrogen-bond donors (Lipinski definition) is 3. The summed E-state index contributed by atoms with van der Waals surface area (Å²) in [6.45, 7) is 2.30. The number of rotatable bonds is 6. The number of anilines is 4. The first kappa shape index (κ1) is 17.6. The second kappa shape index (κ2) is 7.83. The van der Waals surface area contributed by atoms with Gasteiger partial charge in [0.1, 0.15) is 5.82 Å². The Morgan fingerprint density at radius 1 is 1.04 bits per heavy atom. The minimum atomic E-state index is -0.102. The Bertz CT molecular complexity index is 991. The van der Waals surface area contributed by atoms with Gasteiger partial charge in [0.15, 0.2) is 11.5 Å². The van der Waals surface area contributed by atoms with E-state index in [9.17, 15) is 4.79 Å². The van der Waals surface area contributed by atoms with Crippen LogP contribution in [0.1, 0.15) is 12.5 Å². The number of fused-ring (bicyclic) bond motifs is 1. The van der Waals surface area contributed by atoms with Crippen molar-refractivity contribution in [1.29, 1.82) is 0 Å². The molecule has 1 aliphatic rings. The summed E-state index contributed by atoms with van der Waals surface area (Å²) >= 11 is 0. The van der Waals surface area contributed by atoms with Gasteiger partial charge in [-0.2, -0.15) is 4.98 Å². The first-order valence-electron chi connectivity index (χ1n) is 8.76. The zero-order chi connectivity index (χ0) is 19.3. The van der Waals surface area contributed by atoms with Crippen LogP contribution < -0.4 is 25.4 Å². The van der Waals surface area contributed by atoms with E-state index < -0.39 is 0 Å². The average Bonchev–Trinajstić information content (AvgIpc) is 3.16. The SMILES string of the molecule is CC(=O)Nc1ccc(Nc2ccnc(NCc3ccc4c(c3)OCO4)n2)cc1. The van der Waals surface area contributed by atoms with E-state index in [-0.39, 0.29) is 12.7 Å². The van der Waals surface area contributed by atoms with E-state index in [4.69, 9.17) is 9.47 Å². The maximum absolute atomic E-state index is 11.1. The molecule has 3 N–H and O–H groups in total. The molecule has 28 heavy (non-hydrogen) atoms. The van der Waals surface area contributed by atoms with Crippen LogP contribution in [0.3, 0.4) is 0 Å². The molecule has 0 aliphatic carbocycles. The van der Waals surface area contributed by atoms with E-state index in [2.05, 4.69) is 25.9 Å². The van der Waals surface area contributed by atoms with E-state index in [0.29, 0.717) is 18.3 Å². The van der Waals surface area contributed by atoms with Gasteiger partial charge in [-0.25, -0.2) is 4.98 Å². The van der Waals surface area contributed by atoms with Crippen LogP contribution in [0, 0.1) is 0 Å². The van der Waals surface area contributed by atoms with Crippen LogP contribution in [0.5, 0.6) is 11.5 Å². The maximum atomic E-state index is 11.1. The van der Waals surface area contributed by atoms with Crippen molar-refractivity contribution in [3.05, 3.63) is 60.3 Å². The van der Waals surface area contributed by atoms with Crippen LogP contribution in [0.25, 0.3) is 0 Å². The molecule has 3 aromatic rings. The lowest BCUT2D eigenvalue weighted by molar-refractivity contribution is -0.114. The van der Waals surface area contributed by atoms with Gasteiger partial charge >= 0.3 is 0 Å². The molecule has 0 unspecified atom stereocenters. The van der Waals surface area contributed by atoms with Crippen LogP contribution in [-0.4, -0.2) is 22.7 Å². The summed E-state index contributed by atoms with van der Waals surface area (Å²) in [4.78, 5) is 19.8. The van der Waals surface area contributed by atoms with Gasteiger partial charge in [-0.3, -0.25) is 4.79 Å². The van der Waals surface area contributed by atoms with Gasteiger partial charge < -0.3 is 25.4 Å². The molecule has 0 atom stereocenters. The van der Waals surface area contributed by atoms with Crippen molar-refractivity contribution in [2.45, 2.75) is 13.5 Å². The van der Waals surface area contributed by atoms with Crippen molar-refractivity contribution in [2.24, 2.45) is 0 Å². The van der Waals surface area contributed by atoms with Gasteiger partial charge in [0, 0.05) is 31.0 Å². The summed E-state index contributed by atoms with van der Waals surface area (Å²) in [5.41, 5.74) is 2.64. The Morgan fingerprint density at radius 3 is 2.64 bits per heavy atom. The van der Waals surface area contributed by atoms with Crippen molar-refractivity contribution < 1.29 is 14.3 Å². The van der Waals surface area contributed by atoms with Gasteiger partial charge in [0.25, 0.3) is 0 Å². The Balaban J connectivity index is 1.38. The summed E-state index contributed by atoms with van der Waals surface area (Å²) in [5.74, 6) is 2.58. The Labute approximate surface area is 161 Å². The first-order valence-corrected chi connectivity index (χ1v) is 8.76. The molecule has 1 aromatic heterocycles. The van der Waals surface area contributed by atoms with Crippen molar-refractivity contribution in [1.82, 2.24) is 9.97 Å². The molecule has 4 rings (SSSR count). The highest BCUT2D eigenvalue weighted by molar-refractivity contribution is 5.88. The van der Waals surface area contributed by atoms with Crippen molar-refractivity contribution in [2.75, 3.05) is 22.7 Å². The van der Waals surface area contributed by atoms with Crippen molar-refractivity contribution >= 4 is 29.0 Å². The number of nitrogens with zero attached hydrogens (tertiary/aromatic N) is 2. The normalized spacial score (nSPS) is 11.8. The summed E-state index contributed by atoms with van der Waals surface area (Å²) in [5, 5.41) is 9.15. The largest absolute Gasteiger partial charge is 0.454 e. The molecule has 0 bridgehead atoms. The molecular formula is C20H19N5O3. The molecule has 2 aromatic carbocycles. The minimum Gasteiger partial charge on any atom is -0.454 e. The number of carbonyl (C=O) groups is 1. The summed E-state index contributed by atoms with van der Waals surface area (Å²) in [6.07, 6.45) is 1.68. The smallest absolute Gasteiger partial charge is 0.231 e. The van der Waals surface area contributed by atoms with Gasteiger partial charge in [-0.1, -0.05) is 6.07 Å². The number of amides is 1. The summed E-state index contributed by atoms with van der Waals surface area (Å²) < 4.78 is 10.7. The fourth-order valence-electron chi connectivity index (χ4n) is 2.73. The molecule has 0 saturated heterocycles. The minimum absolute atomic E-state index is 0.102. The summed E-state index contributed by atoms with van der Waals surface area (Å²) in [6, 6.07) is 15.0. The third-order valence-electron chi connectivity index (χ3n) is 4.02. The van der Waals surface area contributed by atoms with Gasteiger partial charge in [0.05, 0.1) is 0 Å². The molecule has 142 valence electrons. The fourth-order valence-corrected chi connectivity index (χ4v) is 2.73. The lowest BCUT2D eigenvalue weighted by Gasteiger charge is -2.09. The number of nitrogens with one attached hydrogen (secondary N) is 3. The second-order valence-corrected chi connectivity index (χ2v) is 6.19. The molecule has 0 radical (unpaired) electrons. The second-order valence-electron chi connectivity index (χ2n) is 6.19. The third-order valence-corrected chi connectivity index (χ3v) is 4.02. The van der Waals surface area contributed by atoms with E-state index >= 15 is 0 Å². The number of benzene rings is 2. The topological polar surface area (TPSA) is 97.4 Å². The lowest BCUT2D eigenvalue weighted by atomic mass is 10.2. The molecule has 8 nitrogen and oxygen atoms in total. The first-order chi connectivity index (χ1) is 13.7. The fraction of sp³-hybridized carbons (Fsp3) is 0.150. The van der Waals surface area contributed by atoms with E-state index in [0.717, 1.165) is 28.4 Å².